The summed E-state index contributed by atoms with van der Waals surface area (Å²) in [6.45, 7) is 7.55. The van der Waals surface area contributed by atoms with Crippen molar-refractivity contribution >= 4 is 17.6 Å². The van der Waals surface area contributed by atoms with E-state index in [-0.39, 0.29) is 17.5 Å². The van der Waals surface area contributed by atoms with Crippen molar-refractivity contribution in [2.45, 2.75) is 59.4 Å². The molecule has 3 heterocycles. The number of hydrogen-bond acceptors (Lipinski definition) is 8. The van der Waals surface area contributed by atoms with Crippen LogP contribution in [0.5, 0.6) is 0 Å². The quantitative estimate of drug-likeness (QED) is 0.579. The summed E-state index contributed by atoms with van der Waals surface area (Å²) in [7, 11) is 0. The Balaban J connectivity index is 1.51. The molecule has 33 heavy (non-hydrogen) atoms. The summed E-state index contributed by atoms with van der Waals surface area (Å²) in [6.07, 6.45) is 5.41. The van der Waals surface area contributed by atoms with E-state index < -0.39 is 11.9 Å². The summed E-state index contributed by atoms with van der Waals surface area (Å²) in [6, 6.07) is 2.87. The van der Waals surface area contributed by atoms with Gasteiger partial charge in [0.2, 0.25) is 5.91 Å². The topological polar surface area (TPSA) is 136 Å². The van der Waals surface area contributed by atoms with E-state index >= 15 is 0 Å². The zero-order valence-corrected chi connectivity index (χ0v) is 19.2. The van der Waals surface area contributed by atoms with Crippen LogP contribution in [0.2, 0.25) is 0 Å². The normalized spacial score (nSPS) is 19.2. The monoisotopic (exact) mass is 452 g/mol. The largest absolute Gasteiger partial charge is 0.361 e. The number of hydrogen-bond donors (Lipinski definition) is 2. The van der Waals surface area contributed by atoms with Crippen LogP contribution in [0.1, 0.15) is 60.2 Å². The first-order valence-electron chi connectivity index (χ1n) is 11.1. The third-order valence-electron chi connectivity index (χ3n) is 6.31. The maximum absolute atomic E-state index is 13.3. The SMILES string of the molecule is Cc1nonc1C(=O)NC(C(=O)Nc1ccc(-c2c(C)noc2C)cn1)C1CCC(C)CC1. The number of rotatable bonds is 6. The van der Waals surface area contributed by atoms with E-state index in [1.807, 2.05) is 19.9 Å². The molecule has 0 spiro atoms. The van der Waals surface area contributed by atoms with Gasteiger partial charge < -0.3 is 15.2 Å². The standard InChI is InChI=1S/C23H28N6O4/c1-12-5-7-16(8-6-12)21(26-22(30)20-14(3)28-33-29-20)23(31)25-18-10-9-17(11-24-18)19-13(2)27-32-15(19)4/h9-12,16,21H,5-8H2,1-4H3,(H,26,30)(H,24,25,31). The van der Waals surface area contributed by atoms with Gasteiger partial charge in [0.1, 0.15) is 23.3 Å². The van der Waals surface area contributed by atoms with Gasteiger partial charge in [-0.25, -0.2) is 9.61 Å². The van der Waals surface area contributed by atoms with E-state index in [0.29, 0.717) is 23.2 Å². The van der Waals surface area contributed by atoms with Crippen LogP contribution in [0.4, 0.5) is 5.82 Å². The molecule has 1 saturated carbocycles. The van der Waals surface area contributed by atoms with Gasteiger partial charge in [0.25, 0.3) is 5.91 Å². The summed E-state index contributed by atoms with van der Waals surface area (Å²) >= 11 is 0. The minimum absolute atomic E-state index is 0.0203. The summed E-state index contributed by atoms with van der Waals surface area (Å²) in [5.74, 6) is 0.952. The van der Waals surface area contributed by atoms with Crippen molar-refractivity contribution < 1.29 is 18.7 Å². The molecule has 10 heteroatoms. The smallest absolute Gasteiger partial charge is 0.276 e. The highest BCUT2D eigenvalue weighted by Crippen LogP contribution is 2.31. The zero-order chi connectivity index (χ0) is 23.5. The molecule has 1 atom stereocenters. The first-order chi connectivity index (χ1) is 15.8. The Labute approximate surface area is 191 Å². The summed E-state index contributed by atoms with van der Waals surface area (Å²) in [5.41, 5.74) is 2.97. The van der Waals surface area contributed by atoms with E-state index in [2.05, 4.69) is 42.6 Å². The maximum atomic E-state index is 13.3. The van der Waals surface area contributed by atoms with Crippen molar-refractivity contribution in [2.24, 2.45) is 11.8 Å². The van der Waals surface area contributed by atoms with Crippen LogP contribution in [-0.2, 0) is 4.79 Å². The highest BCUT2D eigenvalue weighted by atomic mass is 16.6. The van der Waals surface area contributed by atoms with Crippen molar-refractivity contribution in [3.63, 3.8) is 0 Å². The molecule has 3 aromatic rings. The predicted octanol–water partition coefficient (Wildman–Crippen LogP) is 3.61. The first kappa shape index (κ1) is 22.6. The molecule has 3 aromatic heterocycles. The lowest BCUT2D eigenvalue weighted by Gasteiger charge is -2.32. The second kappa shape index (κ2) is 9.51. The van der Waals surface area contributed by atoms with Crippen LogP contribution in [0, 0.1) is 32.6 Å². The van der Waals surface area contributed by atoms with Crippen molar-refractivity contribution in [1.82, 2.24) is 25.8 Å². The van der Waals surface area contributed by atoms with Crippen molar-refractivity contribution in [3.8, 4) is 11.1 Å². The van der Waals surface area contributed by atoms with Gasteiger partial charge in [0, 0.05) is 17.3 Å². The fraction of sp³-hybridized carbons (Fsp3) is 0.478. The van der Waals surface area contributed by atoms with Crippen LogP contribution >= 0.6 is 0 Å². The lowest BCUT2D eigenvalue weighted by atomic mass is 9.79. The molecule has 1 aliphatic carbocycles. The Bertz CT molecular complexity index is 1110. The van der Waals surface area contributed by atoms with Gasteiger partial charge >= 0.3 is 0 Å². The number of anilines is 1. The highest BCUT2D eigenvalue weighted by molar-refractivity contribution is 6.00. The highest BCUT2D eigenvalue weighted by Gasteiger charge is 2.34. The lowest BCUT2D eigenvalue weighted by Crippen LogP contribution is -2.49. The van der Waals surface area contributed by atoms with Crippen LogP contribution in [0.3, 0.4) is 0 Å². The number of nitrogens with zero attached hydrogens (tertiary/aromatic N) is 4. The van der Waals surface area contributed by atoms with Gasteiger partial charge in [0.05, 0.1) is 5.69 Å². The number of carbonyl (C=O) groups excluding carboxylic acids is 2. The molecule has 0 saturated heterocycles. The number of aromatic nitrogens is 4. The van der Waals surface area contributed by atoms with Gasteiger partial charge in [-0.15, -0.1) is 0 Å². The van der Waals surface area contributed by atoms with Crippen molar-refractivity contribution in [3.05, 3.63) is 41.2 Å². The van der Waals surface area contributed by atoms with Gasteiger partial charge in [-0.05, 0) is 62.7 Å². The summed E-state index contributed by atoms with van der Waals surface area (Å²) in [5, 5.41) is 17.0. The van der Waals surface area contributed by atoms with E-state index in [9.17, 15) is 9.59 Å². The van der Waals surface area contributed by atoms with E-state index in [0.717, 1.165) is 42.5 Å². The second-order valence-corrected chi connectivity index (χ2v) is 8.79. The van der Waals surface area contributed by atoms with Crippen LogP contribution in [-0.4, -0.2) is 38.3 Å². The molecule has 1 fully saturated rings. The van der Waals surface area contributed by atoms with Gasteiger partial charge in [-0.1, -0.05) is 30.1 Å². The molecule has 1 unspecified atom stereocenters. The molecular formula is C23H28N6O4. The van der Waals surface area contributed by atoms with E-state index in [1.54, 1.807) is 19.2 Å². The Morgan fingerprint density at radius 2 is 1.79 bits per heavy atom. The van der Waals surface area contributed by atoms with Crippen LogP contribution in [0.25, 0.3) is 11.1 Å². The summed E-state index contributed by atoms with van der Waals surface area (Å²) < 4.78 is 9.86. The van der Waals surface area contributed by atoms with Gasteiger partial charge in [-0.2, -0.15) is 0 Å². The molecule has 0 radical (unpaired) electrons. The minimum Gasteiger partial charge on any atom is -0.361 e. The van der Waals surface area contributed by atoms with Crippen LogP contribution in [0.15, 0.2) is 27.5 Å². The molecule has 1 aliphatic rings. The average Bonchev–Trinajstić information content (AvgIpc) is 3.38. The fourth-order valence-electron chi connectivity index (χ4n) is 4.38. The second-order valence-electron chi connectivity index (χ2n) is 8.79. The first-order valence-corrected chi connectivity index (χ1v) is 11.1. The molecular weight excluding hydrogens is 424 g/mol. The molecule has 174 valence electrons. The molecule has 2 N–H and O–H groups in total. The predicted molar refractivity (Wildman–Crippen MR) is 119 cm³/mol. The van der Waals surface area contributed by atoms with Crippen molar-refractivity contribution in [1.29, 1.82) is 0 Å². The van der Waals surface area contributed by atoms with Gasteiger partial charge in [-0.3, -0.25) is 9.59 Å². The number of amides is 2. The number of nitrogens with one attached hydrogen (secondary N) is 2. The molecule has 0 aliphatic heterocycles. The number of aryl methyl sites for hydroxylation is 3. The third-order valence-corrected chi connectivity index (χ3v) is 6.31. The summed E-state index contributed by atoms with van der Waals surface area (Å²) in [4.78, 5) is 30.4. The number of pyridine rings is 1. The fourth-order valence-corrected chi connectivity index (χ4v) is 4.38. The molecule has 4 rings (SSSR count). The molecule has 2 amide bonds. The Morgan fingerprint density at radius 1 is 1.03 bits per heavy atom. The van der Waals surface area contributed by atoms with Gasteiger partial charge in [0.15, 0.2) is 5.69 Å². The Hall–Kier alpha value is -3.56. The van der Waals surface area contributed by atoms with Crippen molar-refractivity contribution in [2.75, 3.05) is 5.32 Å². The molecule has 0 bridgehead atoms. The van der Waals surface area contributed by atoms with Crippen LogP contribution < -0.4 is 10.6 Å². The number of carbonyl (C=O) groups is 2. The Kier molecular flexibility index (Phi) is 6.52. The average molecular weight is 453 g/mol. The minimum atomic E-state index is -0.717. The molecule has 10 nitrogen and oxygen atoms in total. The van der Waals surface area contributed by atoms with E-state index in [1.165, 1.54) is 0 Å². The third kappa shape index (κ3) is 4.94. The zero-order valence-electron chi connectivity index (χ0n) is 19.2. The van der Waals surface area contributed by atoms with E-state index in [4.69, 9.17) is 4.52 Å². The lowest BCUT2D eigenvalue weighted by molar-refractivity contribution is -0.119. The molecule has 0 aromatic carbocycles. The Morgan fingerprint density at radius 3 is 2.36 bits per heavy atom. The maximum Gasteiger partial charge on any atom is 0.276 e.